The van der Waals surface area contributed by atoms with Gasteiger partial charge in [0.25, 0.3) is 0 Å². The van der Waals surface area contributed by atoms with Gasteiger partial charge in [-0.25, -0.2) is 4.39 Å². The third-order valence-electron chi connectivity index (χ3n) is 3.59. The Bertz CT molecular complexity index is 625. The molecule has 1 nitrogen and oxygen atoms in total. The largest absolute Gasteiger partial charge is 0.304 e. The minimum absolute atomic E-state index is 0.0820. The SMILES string of the molecule is Cc1ccc([C@@H](C)NC(C)c2c(Cl)ccc(F)c2Cl)cc1. The Hall–Kier alpha value is -1.09. The topological polar surface area (TPSA) is 12.0 Å². The van der Waals surface area contributed by atoms with Gasteiger partial charge in [-0.2, -0.15) is 0 Å². The Kier molecular flexibility index (Phi) is 5.26. The highest BCUT2D eigenvalue weighted by molar-refractivity contribution is 6.36. The van der Waals surface area contributed by atoms with Crippen LogP contribution in [0.5, 0.6) is 0 Å². The summed E-state index contributed by atoms with van der Waals surface area (Å²) in [5.41, 5.74) is 2.98. The van der Waals surface area contributed by atoms with Crippen molar-refractivity contribution in [3.63, 3.8) is 0 Å². The van der Waals surface area contributed by atoms with Gasteiger partial charge in [0.1, 0.15) is 5.82 Å². The molecule has 0 saturated carbocycles. The average molecular weight is 326 g/mol. The molecular weight excluding hydrogens is 308 g/mol. The lowest BCUT2D eigenvalue weighted by molar-refractivity contribution is 0.492. The molecule has 2 atom stereocenters. The van der Waals surface area contributed by atoms with E-state index in [1.165, 1.54) is 17.7 Å². The van der Waals surface area contributed by atoms with Crippen molar-refractivity contribution in [3.05, 3.63) is 69.0 Å². The highest BCUT2D eigenvalue weighted by Gasteiger charge is 2.19. The minimum Gasteiger partial charge on any atom is -0.304 e. The van der Waals surface area contributed by atoms with Gasteiger partial charge in [-0.3, -0.25) is 0 Å². The van der Waals surface area contributed by atoms with Gasteiger partial charge in [-0.15, -0.1) is 0 Å². The Morgan fingerprint density at radius 1 is 0.952 bits per heavy atom. The van der Waals surface area contributed by atoms with Crippen LogP contribution in [0.2, 0.25) is 10.0 Å². The number of hydrogen-bond donors (Lipinski definition) is 1. The first kappa shape index (κ1) is 16.3. The van der Waals surface area contributed by atoms with Crippen LogP contribution in [0.1, 0.15) is 42.6 Å². The summed E-state index contributed by atoms with van der Waals surface area (Å²) in [5, 5.41) is 3.96. The molecule has 2 aromatic carbocycles. The summed E-state index contributed by atoms with van der Waals surface area (Å²) < 4.78 is 13.6. The van der Waals surface area contributed by atoms with Crippen LogP contribution in [-0.4, -0.2) is 0 Å². The maximum absolute atomic E-state index is 13.6. The van der Waals surface area contributed by atoms with Crippen molar-refractivity contribution in [2.24, 2.45) is 0 Å². The van der Waals surface area contributed by atoms with Crippen LogP contribution < -0.4 is 5.32 Å². The van der Waals surface area contributed by atoms with Gasteiger partial charge in [-0.1, -0.05) is 53.0 Å². The van der Waals surface area contributed by atoms with Crippen LogP contribution in [0, 0.1) is 12.7 Å². The van der Waals surface area contributed by atoms with E-state index in [4.69, 9.17) is 23.2 Å². The third-order valence-corrected chi connectivity index (χ3v) is 4.30. The highest BCUT2D eigenvalue weighted by atomic mass is 35.5. The lowest BCUT2D eigenvalue weighted by Gasteiger charge is -2.22. The predicted molar refractivity (Wildman–Crippen MR) is 87.6 cm³/mol. The standard InChI is InChI=1S/C17H18Cl2FN/c1-10-4-6-13(7-5-10)11(2)21-12(3)16-14(18)8-9-15(20)17(16)19/h4-9,11-12,21H,1-3H3/t11-,12?/m1/s1. The highest BCUT2D eigenvalue weighted by Crippen LogP contribution is 2.33. The van der Waals surface area contributed by atoms with E-state index in [1.807, 2.05) is 6.92 Å². The molecule has 2 aromatic rings. The minimum atomic E-state index is -0.451. The molecule has 0 fully saturated rings. The molecular formula is C17H18Cl2FN. The van der Waals surface area contributed by atoms with Crippen molar-refractivity contribution in [2.45, 2.75) is 32.9 Å². The van der Waals surface area contributed by atoms with Gasteiger partial charge >= 0.3 is 0 Å². The zero-order valence-corrected chi connectivity index (χ0v) is 13.8. The lowest BCUT2D eigenvalue weighted by atomic mass is 10.0. The van der Waals surface area contributed by atoms with Crippen LogP contribution in [0.15, 0.2) is 36.4 Å². The molecule has 0 heterocycles. The first-order valence-corrected chi connectivity index (χ1v) is 7.61. The Labute approximate surface area is 135 Å². The van der Waals surface area contributed by atoms with Crippen LogP contribution in [0.4, 0.5) is 4.39 Å². The maximum Gasteiger partial charge on any atom is 0.142 e. The zero-order chi connectivity index (χ0) is 15.6. The summed E-state index contributed by atoms with van der Waals surface area (Å²) in [7, 11) is 0. The van der Waals surface area contributed by atoms with E-state index in [0.717, 1.165) is 5.56 Å². The lowest BCUT2D eigenvalue weighted by Crippen LogP contribution is -2.23. The van der Waals surface area contributed by atoms with Crippen LogP contribution in [-0.2, 0) is 0 Å². The summed E-state index contributed by atoms with van der Waals surface area (Å²) in [5.74, 6) is -0.451. The Morgan fingerprint density at radius 3 is 2.19 bits per heavy atom. The fourth-order valence-electron chi connectivity index (χ4n) is 2.35. The van der Waals surface area contributed by atoms with Gasteiger partial charge in [0.05, 0.1) is 5.02 Å². The van der Waals surface area contributed by atoms with Crippen molar-refractivity contribution in [1.29, 1.82) is 0 Å². The molecule has 1 unspecified atom stereocenters. The molecule has 2 rings (SSSR count). The molecule has 0 aliphatic carbocycles. The summed E-state index contributed by atoms with van der Waals surface area (Å²) in [6, 6.07) is 11.1. The molecule has 0 aliphatic heterocycles. The van der Waals surface area contributed by atoms with E-state index in [1.54, 1.807) is 0 Å². The zero-order valence-electron chi connectivity index (χ0n) is 12.3. The monoisotopic (exact) mass is 325 g/mol. The molecule has 0 aromatic heterocycles. The molecule has 0 bridgehead atoms. The molecule has 0 aliphatic rings. The van der Waals surface area contributed by atoms with Crippen LogP contribution in [0.3, 0.4) is 0 Å². The second-order valence-corrected chi connectivity index (χ2v) is 6.06. The normalized spacial score (nSPS) is 14.0. The molecule has 4 heteroatoms. The summed E-state index contributed by atoms with van der Waals surface area (Å²) in [4.78, 5) is 0. The molecule has 0 amide bonds. The van der Waals surface area contributed by atoms with Crippen molar-refractivity contribution >= 4 is 23.2 Å². The Balaban J connectivity index is 2.20. The third kappa shape index (κ3) is 3.76. The number of aryl methyl sites for hydroxylation is 1. The number of hydrogen-bond acceptors (Lipinski definition) is 1. The quantitative estimate of drug-likeness (QED) is 0.695. The van der Waals surface area contributed by atoms with E-state index in [9.17, 15) is 4.39 Å². The van der Waals surface area contributed by atoms with Gasteiger partial charge < -0.3 is 5.32 Å². The van der Waals surface area contributed by atoms with E-state index >= 15 is 0 Å². The van der Waals surface area contributed by atoms with Crippen molar-refractivity contribution < 1.29 is 4.39 Å². The molecule has 0 spiro atoms. The van der Waals surface area contributed by atoms with Gasteiger partial charge in [-0.05, 0) is 38.5 Å². The first-order chi connectivity index (χ1) is 9.90. The van der Waals surface area contributed by atoms with E-state index < -0.39 is 5.82 Å². The van der Waals surface area contributed by atoms with Crippen molar-refractivity contribution in [1.82, 2.24) is 5.32 Å². The second kappa shape index (κ2) is 6.78. The van der Waals surface area contributed by atoms with E-state index in [2.05, 4.69) is 43.4 Å². The maximum atomic E-state index is 13.6. The summed E-state index contributed by atoms with van der Waals surface area (Å²) in [6.45, 7) is 6.04. The fourth-order valence-corrected chi connectivity index (χ4v) is 3.05. The average Bonchev–Trinajstić information content (AvgIpc) is 2.44. The first-order valence-electron chi connectivity index (χ1n) is 6.86. The molecule has 21 heavy (non-hydrogen) atoms. The van der Waals surface area contributed by atoms with Crippen LogP contribution in [0.25, 0.3) is 0 Å². The van der Waals surface area contributed by atoms with Crippen LogP contribution >= 0.6 is 23.2 Å². The molecule has 112 valence electrons. The smallest absolute Gasteiger partial charge is 0.142 e. The molecule has 0 saturated heterocycles. The van der Waals surface area contributed by atoms with Gasteiger partial charge in [0.2, 0.25) is 0 Å². The van der Waals surface area contributed by atoms with Crippen molar-refractivity contribution in [2.75, 3.05) is 0 Å². The number of nitrogens with one attached hydrogen (secondary N) is 1. The number of benzene rings is 2. The molecule has 1 N–H and O–H groups in total. The Morgan fingerprint density at radius 2 is 1.57 bits per heavy atom. The van der Waals surface area contributed by atoms with Gasteiger partial charge in [0.15, 0.2) is 0 Å². The second-order valence-electron chi connectivity index (χ2n) is 5.28. The summed E-state index contributed by atoms with van der Waals surface area (Å²) in [6.07, 6.45) is 0. The predicted octanol–water partition coefficient (Wildman–Crippen LogP) is 5.85. The summed E-state index contributed by atoms with van der Waals surface area (Å²) >= 11 is 12.2. The fraction of sp³-hybridized carbons (Fsp3) is 0.294. The van der Waals surface area contributed by atoms with Gasteiger partial charge in [0, 0.05) is 22.7 Å². The van der Waals surface area contributed by atoms with Crippen molar-refractivity contribution in [3.8, 4) is 0 Å². The van der Waals surface area contributed by atoms with E-state index in [0.29, 0.717) is 10.6 Å². The number of halogens is 3. The molecule has 0 radical (unpaired) electrons. The number of rotatable bonds is 4. The van der Waals surface area contributed by atoms with E-state index in [-0.39, 0.29) is 17.1 Å².